The first kappa shape index (κ1) is 25.7. The molecule has 2 saturated carbocycles. The molecule has 9 heteroatoms. The number of nitrogens with one attached hydrogen (secondary N) is 1. The zero-order valence-corrected chi connectivity index (χ0v) is 22.6. The molecule has 1 aliphatic heterocycles. The van der Waals surface area contributed by atoms with Gasteiger partial charge in [-0.15, -0.1) is 11.3 Å². The lowest BCUT2D eigenvalue weighted by atomic mass is 9.94. The average Bonchev–Trinajstić information content (AvgIpc) is 3.24. The van der Waals surface area contributed by atoms with E-state index in [1.165, 1.54) is 17.4 Å². The molecular weight excluding hydrogens is 491 g/mol. The van der Waals surface area contributed by atoms with Crippen LogP contribution < -0.4 is 5.32 Å². The first-order valence-corrected chi connectivity index (χ1v) is 13.8. The van der Waals surface area contributed by atoms with Crippen molar-refractivity contribution in [2.75, 3.05) is 0 Å². The molecule has 7 nitrogen and oxygen atoms in total. The van der Waals surface area contributed by atoms with E-state index < -0.39 is 29.6 Å². The highest BCUT2D eigenvalue weighted by Crippen LogP contribution is 2.67. The Morgan fingerprint density at radius 2 is 2.11 bits per heavy atom. The molecule has 5 rings (SSSR count). The number of nitriles is 1. The molecule has 1 saturated heterocycles. The topological polar surface area (TPSA) is 95.3 Å². The molecule has 2 amide bonds. The van der Waals surface area contributed by atoms with Gasteiger partial charge in [-0.1, -0.05) is 26.0 Å². The Labute approximate surface area is 221 Å². The number of piperidine rings is 1. The number of aromatic nitrogens is 1. The van der Waals surface area contributed by atoms with E-state index in [0.717, 1.165) is 28.3 Å². The van der Waals surface area contributed by atoms with E-state index in [1.807, 2.05) is 13.0 Å². The maximum atomic E-state index is 15.0. The largest absolute Gasteiger partial charge is 0.444 e. The van der Waals surface area contributed by atoms with Crippen molar-refractivity contribution in [2.45, 2.75) is 77.6 Å². The van der Waals surface area contributed by atoms with Gasteiger partial charge in [0.2, 0.25) is 5.91 Å². The second kappa shape index (κ2) is 9.39. The van der Waals surface area contributed by atoms with Crippen LogP contribution in [0.5, 0.6) is 0 Å². The van der Waals surface area contributed by atoms with E-state index in [0.29, 0.717) is 23.3 Å². The van der Waals surface area contributed by atoms with E-state index in [2.05, 4.69) is 23.3 Å². The molecule has 37 heavy (non-hydrogen) atoms. The molecule has 2 heterocycles. The highest BCUT2D eigenvalue weighted by molar-refractivity contribution is 7.15. The predicted octanol–water partition coefficient (Wildman–Crippen LogP) is 4.95. The molecular formula is C28H33FN4O3S. The molecule has 1 N–H and O–H groups in total. The van der Waals surface area contributed by atoms with Crippen LogP contribution in [0.25, 0.3) is 10.4 Å². The highest BCUT2D eigenvalue weighted by atomic mass is 32.1. The van der Waals surface area contributed by atoms with Crippen LogP contribution in [0.4, 0.5) is 9.18 Å². The Balaban J connectivity index is 1.30. The lowest BCUT2D eigenvalue weighted by Gasteiger charge is -2.35. The fourth-order valence-corrected chi connectivity index (χ4v) is 7.27. The zero-order chi connectivity index (χ0) is 26.6. The highest BCUT2D eigenvalue weighted by Gasteiger charge is 2.71. The van der Waals surface area contributed by atoms with Crippen LogP contribution in [0.1, 0.15) is 51.6 Å². The molecule has 2 bridgehead atoms. The molecule has 6 unspecified atom stereocenters. The van der Waals surface area contributed by atoms with Gasteiger partial charge in [-0.3, -0.25) is 9.69 Å². The first-order valence-electron chi connectivity index (χ1n) is 13.0. The van der Waals surface area contributed by atoms with Gasteiger partial charge >= 0.3 is 6.09 Å². The minimum Gasteiger partial charge on any atom is -0.444 e. The lowest BCUT2D eigenvalue weighted by Crippen LogP contribution is -2.56. The number of likely N-dealkylation sites (tertiary alicyclic amines) is 1. The third-order valence-electron chi connectivity index (χ3n) is 8.00. The van der Waals surface area contributed by atoms with Crippen LogP contribution in [0.2, 0.25) is 0 Å². The number of thiazole rings is 1. The van der Waals surface area contributed by atoms with Crippen LogP contribution >= 0.6 is 11.3 Å². The Bertz CT molecular complexity index is 1260. The normalized spacial score (nSPS) is 28.4. The van der Waals surface area contributed by atoms with Gasteiger partial charge in [-0.25, -0.2) is 14.2 Å². The summed E-state index contributed by atoms with van der Waals surface area (Å²) < 4.78 is 20.6. The number of aryl methyl sites for hydroxylation is 1. The number of fused-ring (bicyclic) bond motifs is 5. The number of ether oxygens (including phenoxy) is 1. The minimum absolute atomic E-state index is 0.0129. The van der Waals surface area contributed by atoms with Crippen LogP contribution in [0.3, 0.4) is 0 Å². The van der Waals surface area contributed by atoms with Crippen molar-refractivity contribution in [1.29, 1.82) is 5.26 Å². The summed E-state index contributed by atoms with van der Waals surface area (Å²) in [5.41, 5.74) is 0.410. The molecule has 1 aromatic heterocycles. The quantitative estimate of drug-likeness (QED) is 0.577. The van der Waals surface area contributed by atoms with E-state index in [-0.39, 0.29) is 24.3 Å². The van der Waals surface area contributed by atoms with Crippen molar-refractivity contribution in [3.63, 3.8) is 0 Å². The number of rotatable bonds is 6. The summed E-state index contributed by atoms with van der Waals surface area (Å²) in [6.07, 6.45) is 2.90. The van der Waals surface area contributed by atoms with E-state index >= 15 is 0 Å². The van der Waals surface area contributed by atoms with Gasteiger partial charge < -0.3 is 10.1 Å². The second-order valence-corrected chi connectivity index (χ2v) is 12.6. The standard InChI is InChI=1S/C28H33FN4O3S/c1-6-22-31-13-21(37-22)16-8-7-15(19(29)10-16)9-17(12-30)32-26(34)25-18-11-20(24-14(2)23(18)24)33(25)27(35)36-28(3,4)5/h7-8,10,13-14,17-18,20,23-25H,6,9,11H2,1-5H3,(H,32,34)/t14?,17-,18?,20?,23?,24?,25?/m0/s1. The molecule has 2 aliphatic carbocycles. The lowest BCUT2D eigenvalue weighted by molar-refractivity contribution is -0.128. The average molecular weight is 525 g/mol. The van der Waals surface area contributed by atoms with Gasteiger partial charge in [0, 0.05) is 18.7 Å². The Hall–Kier alpha value is -2.99. The Kier molecular flexibility index (Phi) is 6.51. The Morgan fingerprint density at radius 3 is 2.73 bits per heavy atom. The maximum Gasteiger partial charge on any atom is 0.411 e. The predicted molar refractivity (Wildman–Crippen MR) is 138 cm³/mol. The van der Waals surface area contributed by atoms with Gasteiger partial charge in [0.1, 0.15) is 23.5 Å². The fourth-order valence-electron chi connectivity index (χ4n) is 6.42. The third-order valence-corrected chi connectivity index (χ3v) is 9.19. The van der Waals surface area contributed by atoms with Crippen molar-refractivity contribution in [2.24, 2.45) is 23.7 Å². The summed E-state index contributed by atoms with van der Waals surface area (Å²) >= 11 is 1.53. The van der Waals surface area contributed by atoms with Crippen LogP contribution in [-0.2, 0) is 22.4 Å². The first-order chi connectivity index (χ1) is 17.5. The molecule has 0 radical (unpaired) electrons. The van der Waals surface area contributed by atoms with Crippen molar-refractivity contribution in [3.8, 4) is 16.5 Å². The molecule has 2 aromatic rings. The number of carbonyl (C=O) groups excluding carboxylic acids is 2. The van der Waals surface area contributed by atoms with Gasteiger partial charge in [-0.05, 0) is 74.5 Å². The number of hydrogen-bond acceptors (Lipinski definition) is 6. The van der Waals surface area contributed by atoms with Crippen LogP contribution in [-0.4, -0.2) is 45.6 Å². The molecule has 3 fully saturated rings. The summed E-state index contributed by atoms with van der Waals surface area (Å²) in [5, 5.41) is 13.6. The monoisotopic (exact) mass is 524 g/mol. The van der Waals surface area contributed by atoms with Gasteiger partial charge in [0.05, 0.1) is 16.0 Å². The number of hydrogen-bond donors (Lipinski definition) is 1. The van der Waals surface area contributed by atoms with Gasteiger partial charge in [0.25, 0.3) is 0 Å². The summed E-state index contributed by atoms with van der Waals surface area (Å²) in [5.74, 6) is 0.565. The molecule has 0 spiro atoms. The minimum atomic E-state index is -0.921. The Morgan fingerprint density at radius 1 is 1.35 bits per heavy atom. The third kappa shape index (κ3) is 4.72. The van der Waals surface area contributed by atoms with Crippen molar-refractivity contribution < 1.29 is 18.7 Å². The van der Waals surface area contributed by atoms with Crippen molar-refractivity contribution >= 4 is 23.3 Å². The van der Waals surface area contributed by atoms with Crippen LogP contribution in [0, 0.1) is 40.8 Å². The van der Waals surface area contributed by atoms with Gasteiger partial charge in [-0.2, -0.15) is 5.26 Å². The van der Waals surface area contributed by atoms with E-state index in [4.69, 9.17) is 4.74 Å². The van der Waals surface area contributed by atoms with E-state index in [9.17, 15) is 19.2 Å². The number of carbonyl (C=O) groups is 2. The molecule has 7 atom stereocenters. The molecule has 3 aliphatic rings. The maximum absolute atomic E-state index is 15.0. The number of amides is 2. The molecule has 196 valence electrons. The van der Waals surface area contributed by atoms with Crippen molar-refractivity contribution in [3.05, 3.63) is 40.8 Å². The molecule has 1 aromatic carbocycles. The summed E-state index contributed by atoms with van der Waals surface area (Å²) in [7, 11) is 0. The zero-order valence-electron chi connectivity index (χ0n) is 21.8. The summed E-state index contributed by atoms with van der Waals surface area (Å²) in [4.78, 5) is 33.4. The number of nitrogens with zero attached hydrogens (tertiary/aromatic N) is 3. The van der Waals surface area contributed by atoms with E-state index in [1.54, 1.807) is 37.9 Å². The fraction of sp³-hybridized carbons (Fsp3) is 0.571. The summed E-state index contributed by atoms with van der Waals surface area (Å²) in [6, 6.07) is 5.43. The smallest absolute Gasteiger partial charge is 0.411 e. The summed E-state index contributed by atoms with van der Waals surface area (Å²) in [6.45, 7) is 9.61. The number of halogens is 1. The van der Waals surface area contributed by atoms with Gasteiger partial charge in [0.15, 0.2) is 0 Å². The number of benzene rings is 1. The second-order valence-electron chi connectivity index (χ2n) is 11.5. The van der Waals surface area contributed by atoms with Crippen molar-refractivity contribution in [1.82, 2.24) is 15.2 Å². The van der Waals surface area contributed by atoms with Crippen LogP contribution in [0.15, 0.2) is 24.4 Å². The SMILES string of the molecule is CCc1ncc(-c2ccc(C[C@@H](C#N)NC(=O)C3C4CC(C5C(C)C45)N3C(=O)OC(C)(C)C)c(F)c2)s1.